The first-order valence-electron chi connectivity index (χ1n) is 12.1. The standard InChI is InChI=1S/C28H20ClN5O2S3/c1-2-17-8-11-21(12-9-17)33-25-24(39-28(33)37)26(36)34(20-6-4-3-5-7-20)27(31-25)38-16-19-14-23(35)32-15-18(29)10-13-22(32)30-19/h3-15H,2,16H2,1H3. The summed E-state index contributed by atoms with van der Waals surface area (Å²) in [4.78, 5) is 36.2. The zero-order chi connectivity index (χ0) is 27.1. The molecule has 0 atom stereocenters. The number of thiazole rings is 1. The molecule has 0 unspecified atom stereocenters. The minimum atomic E-state index is -0.232. The van der Waals surface area contributed by atoms with Gasteiger partial charge in [0.2, 0.25) is 0 Å². The van der Waals surface area contributed by atoms with Gasteiger partial charge in [-0.15, -0.1) is 0 Å². The summed E-state index contributed by atoms with van der Waals surface area (Å²) < 4.78 is 5.87. The third kappa shape index (κ3) is 4.85. The van der Waals surface area contributed by atoms with E-state index in [2.05, 4.69) is 24.0 Å². The summed E-state index contributed by atoms with van der Waals surface area (Å²) in [5, 5.41) is 0.927. The highest BCUT2D eigenvalue weighted by Crippen LogP contribution is 2.29. The van der Waals surface area contributed by atoms with Crippen LogP contribution in [-0.4, -0.2) is 23.5 Å². The second kappa shape index (κ2) is 10.5. The third-order valence-corrected chi connectivity index (χ3v) is 8.77. The lowest BCUT2D eigenvalue weighted by Crippen LogP contribution is -2.21. The second-order valence-corrected chi connectivity index (χ2v) is 11.7. The zero-order valence-corrected chi connectivity index (χ0v) is 23.8. The third-order valence-electron chi connectivity index (χ3n) is 6.22. The fourth-order valence-corrected chi connectivity index (χ4v) is 6.64. The van der Waals surface area contributed by atoms with E-state index in [0.717, 1.165) is 12.1 Å². The molecule has 6 rings (SSSR count). The van der Waals surface area contributed by atoms with Gasteiger partial charge < -0.3 is 0 Å². The van der Waals surface area contributed by atoms with Gasteiger partial charge >= 0.3 is 0 Å². The lowest BCUT2D eigenvalue weighted by atomic mass is 10.1. The number of hydrogen-bond donors (Lipinski definition) is 0. The molecule has 0 spiro atoms. The van der Waals surface area contributed by atoms with Crippen LogP contribution in [0.1, 0.15) is 18.2 Å². The normalized spacial score (nSPS) is 11.4. The number of fused-ring (bicyclic) bond motifs is 2. The number of pyridine rings is 1. The number of rotatable bonds is 6. The molecule has 4 aromatic heterocycles. The highest BCUT2D eigenvalue weighted by atomic mass is 35.5. The summed E-state index contributed by atoms with van der Waals surface area (Å²) in [5.74, 6) is 0.329. The van der Waals surface area contributed by atoms with Crippen LogP contribution in [0, 0.1) is 3.95 Å². The van der Waals surface area contributed by atoms with Gasteiger partial charge in [-0.3, -0.25) is 23.1 Å². The Morgan fingerprint density at radius 2 is 1.69 bits per heavy atom. The van der Waals surface area contributed by atoms with Gasteiger partial charge in [0.25, 0.3) is 11.1 Å². The topological polar surface area (TPSA) is 74.2 Å². The van der Waals surface area contributed by atoms with Crippen LogP contribution < -0.4 is 11.1 Å². The molecule has 0 saturated heterocycles. The quantitative estimate of drug-likeness (QED) is 0.126. The number of para-hydroxylation sites is 1. The first-order valence-corrected chi connectivity index (χ1v) is 14.7. The van der Waals surface area contributed by atoms with Gasteiger partial charge in [-0.1, -0.05) is 72.0 Å². The smallest absolute Gasteiger partial charge is 0.275 e. The summed E-state index contributed by atoms with van der Waals surface area (Å²) in [5.41, 5.74) is 3.90. The van der Waals surface area contributed by atoms with E-state index in [1.165, 1.54) is 39.1 Å². The Labute approximate surface area is 241 Å². The van der Waals surface area contributed by atoms with Crippen molar-refractivity contribution in [2.75, 3.05) is 0 Å². The molecule has 0 fully saturated rings. The average Bonchev–Trinajstić information content (AvgIpc) is 3.29. The largest absolute Gasteiger partial charge is 0.278 e. The van der Waals surface area contributed by atoms with Crippen molar-refractivity contribution < 1.29 is 0 Å². The second-order valence-electron chi connectivity index (χ2n) is 8.70. The van der Waals surface area contributed by atoms with Crippen LogP contribution in [0.5, 0.6) is 0 Å². The van der Waals surface area contributed by atoms with Crippen molar-refractivity contribution in [3.8, 4) is 11.4 Å². The van der Waals surface area contributed by atoms with E-state index in [9.17, 15) is 9.59 Å². The number of halogens is 1. The monoisotopic (exact) mass is 589 g/mol. The molecule has 0 radical (unpaired) electrons. The fourth-order valence-electron chi connectivity index (χ4n) is 4.28. The van der Waals surface area contributed by atoms with Crippen LogP contribution in [0.3, 0.4) is 0 Å². The summed E-state index contributed by atoms with van der Waals surface area (Å²) in [6, 6.07) is 22.3. The summed E-state index contributed by atoms with van der Waals surface area (Å²) >= 11 is 14.3. The van der Waals surface area contributed by atoms with Gasteiger partial charge in [-0.05, 0) is 60.6 Å². The first kappa shape index (κ1) is 25.7. The molecule has 4 heterocycles. The number of aromatic nitrogens is 5. The Morgan fingerprint density at radius 3 is 2.44 bits per heavy atom. The van der Waals surface area contributed by atoms with Crippen LogP contribution >= 0.6 is 46.9 Å². The van der Waals surface area contributed by atoms with Crippen LogP contribution in [0.2, 0.25) is 5.02 Å². The van der Waals surface area contributed by atoms with E-state index in [-0.39, 0.29) is 11.1 Å². The molecule has 0 saturated carbocycles. The molecule has 39 heavy (non-hydrogen) atoms. The zero-order valence-electron chi connectivity index (χ0n) is 20.6. The Bertz CT molecular complexity index is 2030. The minimum Gasteiger partial charge on any atom is -0.275 e. The predicted octanol–water partition coefficient (Wildman–Crippen LogP) is 6.48. The van der Waals surface area contributed by atoms with Crippen molar-refractivity contribution in [2.24, 2.45) is 0 Å². The number of thioether (sulfide) groups is 1. The molecule has 7 nitrogen and oxygen atoms in total. The van der Waals surface area contributed by atoms with E-state index in [4.69, 9.17) is 28.8 Å². The summed E-state index contributed by atoms with van der Waals surface area (Å²) in [6.07, 6.45) is 2.47. The Hall–Kier alpha value is -3.57. The van der Waals surface area contributed by atoms with Crippen molar-refractivity contribution >= 4 is 62.9 Å². The van der Waals surface area contributed by atoms with Gasteiger partial charge in [0.05, 0.1) is 16.4 Å². The van der Waals surface area contributed by atoms with Gasteiger partial charge in [0, 0.05) is 23.7 Å². The summed E-state index contributed by atoms with van der Waals surface area (Å²) in [6.45, 7) is 2.10. The molecule has 2 aromatic carbocycles. The summed E-state index contributed by atoms with van der Waals surface area (Å²) in [7, 11) is 0. The molecule has 6 aromatic rings. The molecular weight excluding hydrogens is 570 g/mol. The van der Waals surface area contributed by atoms with E-state index < -0.39 is 0 Å². The number of hydrogen-bond acceptors (Lipinski definition) is 7. The lowest BCUT2D eigenvalue weighted by molar-refractivity contribution is 0.811. The van der Waals surface area contributed by atoms with Crippen LogP contribution in [0.25, 0.3) is 27.4 Å². The van der Waals surface area contributed by atoms with E-state index in [1.54, 1.807) is 22.9 Å². The van der Waals surface area contributed by atoms with Crippen molar-refractivity contribution in [2.45, 2.75) is 24.3 Å². The SMILES string of the molecule is CCc1ccc(-n2c(=S)sc3c(=O)n(-c4ccccc4)c(SCc4cc(=O)n5cc(Cl)ccc5n4)nc32)cc1. The lowest BCUT2D eigenvalue weighted by Gasteiger charge is -2.13. The maximum absolute atomic E-state index is 13.9. The maximum Gasteiger partial charge on any atom is 0.278 e. The molecular formula is C28H20ClN5O2S3. The average molecular weight is 590 g/mol. The molecule has 0 aliphatic heterocycles. The van der Waals surface area contributed by atoms with Gasteiger partial charge in [-0.25, -0.2) is 9.97 Å². The molecule has 0 aliphatic rings. The van der Waals surface area contributed by atoms with Crippen LogP contribution in [-0.2, 0) is 12.2 Å². The van der Waals surface area contributed by atoms with Crippen molar-refractivity contribution in [1.82, 2.24) is 23.5 Å². The Kier molecular flexibility index (Phi) is 6.94. The highest BCUT2D eigenvalue weighted by molar-refractivity contribution is 7.98. The predicted molar refractivity (Wildman–Crippen MR) is 161 cm³/mol. The minimum absolute atomic E-state index is 0.199. The van der Waals surface area contributed by atoms with E-state index >= 15 is 0 Å². The van der Waals surface area contributed by atoms with Crippen molar-refractivity contribution in [3.63, 3.8) is 0 Å². The van der Waals surface area contributed by atoms with Crippen LogP contribution in [0.4, 0.5) is 0 Å². The Morgan fingerprint density at radius 1 is 0.949 bits per heavy atom. The molecule has 0 aliphatic carbocycles. The highest BCUT2D eigenvalue weighted by Gasteiger charge is 2.19. The van der Waals surface area contributed by atoms with Crippen LogP contribution in [0.15, 0.2) is 93.7 Å². The number of nitrogens with zero attached hydrogens (tertiary/aromatic N) is 5. The molecule has 0 N–H and O–H groups in total. The van der Waals surface area contributed by atoms with Crippen molar-refractivity contribution in [1.29, 1.82) is 0 Å². The number of aryl methyl sites for hydroxylation is 1. The molecule has 0 bridgehead atoms. The van der Waals surface area contributed by atoms with Crippen molar-refractivity contribution in [3.05, 3.63) is 120 Å². The molecule has 0 amide bonds. The van der Waals surface area contributed by atoms with E-state index in [1.807, 2.05) is 47.0 Å². The van der Waals surface area contributed by atoms with Gasteiger partial charge in [0.15, 0.2) is 14.8 Å². The van der Waals surface area contributed by atoms with Gasteiger partial charge in [0.1, 0.15) is 10.3 Å². The van der Waals surface area contributed by atoms with Gasteiger partial charge in [-0.2, -0.15) is 0 Å². The first-order chi connectivity index (χ1) is 18.9. The fraction of sp³-hybridized carbons (Fsp3) is 0.107. The maximum atomic E-state index is 13.9. The molecule has 194 valence electrons. The Balaban J connectivity index is 1.50. The number of benzene rings is 2. The molecule has 11 heteroatoms. The van der Waals surface area contributed by atoms with E-state index in [0.29, 0.717) is 47.3 Å².